The van der Waals surface area contributed by atoms with Crippen LogP contribution in [0.15, 0.2) is 24.3 Å². The molecule has 3 N–H and O–H groups in total. The van der Waals surface area contributed by atoms with E-state index >= 15 is 0 Å². The molecule has 0 spiro atoms. The van der Waals surface area contributed by atoms with Gasteiger partial charge >= 0.3 is 0 Å². The first-order valence-corrected chi connectivity index (χ1v) is 5.73. The highest BCUT2D eigenvalue weighted by Gasteiger charge is 2.06. The Morgan fingerprint density at radius 3 is 2.19 bits per heavy atom. The number of hydrogen-bond donors (Lipinski definition) is 2. The minimum absolute atomic E-state index is 0.0347. The van der Waals surface area contributed by atoms with E-state index in [9.17, 15) is 4.79 Å². The van der Waals surface area contributed by atoms with Crippen LogP contribution in [0, 0.1) is 0 Å². The van der Waals surface area contributed by atoms with E-state index in [-0.39, 0.29) is 5.75 Å². The van der Waals surface area contributed by atoms with Gasteiger partial charge in [-0.2, -0.15) is 0 Å². The number of nitrogens with two attached hydrogens (primary N) is 1. The second-order valence-electron chi connectivity index (χ2n) is 4.07. The molecular weight excluding hydrogens is 202 g/mol. The van der Waals surface area contributed by atoms with Gasteiger partial charge in [0.2, 0.25) is 0 Å². The Bertz CT molecular complexity index is 319. The fourth-order valence-corrected chi connectivity index (χ4v) is 1.72. The van der Waals surface area contributed by atoms with Crippen molar-refractivity contribution in [3.8, 4) is 5.75 Å². The highest BCUT2D eigenvalue weighted by Crippen LogP contribution is 2.14. The Kier molecular flexibility index (Phi) is 5.57. The summed E-state index contributed by atoms with van der Waals surface area (Å²) in [5, 5.41) is 8.88. The molecule has 3 heteroatoms. The van der Waals surface area contributed by atoms with E-state index < -0.39 is 0 Å². The van der Waals surface area contributed by atoms with Gasteiger partial charge in [0.25, 0.3) is 0 Å². The van der Waals surface area contributed by atoms with Gasteiger partial charge in [-0.05, 0) is 25.0 Å². The van der Waals surface area contributed by atoms with Gasteiger partial charge in [-0.1, -0.05) is 31.4 Å². The largest absolute Gasteiger partial charge is 0.507 e. The van der Waals surface area contributed by atoms with Crippen LogP contribution in [0.4, 0.5) is 0 Å². The van der Waals surface area contributed by atoms with Crippen LogP contribution in [0.25, 0.3) is 0 Å². The zero-order valence-electron chi connectivity index (χ0n) is 9.43. The van der Waals surface area contributed by atoms with Gasteiger partial charge in [0.1, 0.15) is 5.75 Å². The van der Waals surface area contributed by atoms with Gasteiger partial charge in [-0.25, -0.2) is 0 Å². The average molecular weight is 221 g/mol. The molecule has 0 saturated heterocycles. The number of phenols is 1. The van der Waals surface area contributed by atoms with Gasteiger partial charge in [0.15, 0.2) is 6.29 Å². The topological polar surface area (TPSA) is 63.3 Å². The zero-order chi connectivity index (χ0) is 11.8. The average Bonchev–Trinajstić information content (AvgIpc) is 2.31. The molecule has 1 aliphatic rings. The van der Waals surface area contributed by atoms with Crippen LogP contribution in [0.1, 0.15) is 42.5 Å². The van der Waals surface area contributed by atoms with Gasteiger partial charge in [0, 0.05) is 6.04 Å². The second kappa shape index (κ2) is 7.01. The number of benzene rings is 1. The third-order valence-electron chi connectivity index (χ3n) is 2.71. The second-order valence-corrected chi connectivity index (χ2v) is 4.07. The first-order valence-electron chi connectivity index (χ1n) is 5.73. The van der Waals surface area contributed by atoms with Crippen LogP contribution < -0.4 is 5.73 Å². The van der Waals surface area contributed by atoms with E-state index in [0.29, 0.717) is 17.9 Å². The third-order valence-corrected chi connectivity index (χ3v) is 2.71. The van der Waals surface area contributed by atoms with Crippen molar-refractivity contribution >= 4 is 6.29 Å². The van der Waals surface area contributed by atoms with Crippen LogP contribution in [0.5, 0.6) is 5.75 Å². The minimum Gasteiger partial charge on any atom is -0.507 e. The molecule has 1 saturated carbocycles. The predicted octanol–water partition coefficient (Wildman–Crippen LogP) is 2.48. The first kappa shape index (κ1) is 12.7. The molecule has 1 aliphatic carbocycles. The zero-order valence-corrected chi connectivity index (χ0v) is 9.43. The van der Waals surface area contributed by atoms with Crippen molar-refractivity contribution in [2.75, 3.05) is 0 Å². The standard InChI is InChI=1S/C7H6O2.C6H13N/c8-5-6-3-1-2-4-7(6)9;7-6-4-2-1-3-5-6/h1-5,9H;6H,1-5,7H2. The van der Waals surface area contributed by atoms with Crippen molar-refractivity contribution < 1.29 is 9.90 Å². The maximum Gasteiger partial charge on any atom is 0.153 e. The molecule has 0 radical (unpaired) electrons. The SMILES string of the molecule is NC1CCCCC1.O=Cc1ccccc1O. The summed E-state index contributed by atoms with van der Waals surface area (Å²) in [4.78, 5) is 10.1. The molecule has 0 heterocycles. The highest BCUT2D eigenvalue weighted by atomic mass is 16.3. The summed E-state index contributed by atoms with van der Waals surface area (Å²) >= 11 is 0. The summed E-state index contributed by atoms with van der Waals surface area (Å²) in [5.74, 6) is 0.0347. The normalized spacial score (nSPS) is 16.1. The molecule has 0 aromatic heterocycles. The van der Waals surface area contributed by atoms with Crippen LogP contribution in [-0.4, -0.2) is 17.4 Å². The van der Waals surface area contributed by atoms with Crippen LogP contribution in [0.3, 0.4) is 0 Å². The molecule has 1 aromatic carbocycles. The monoisotopic (exact) mass is 221 g/mol. The Labute approximate surface area is 96.3 Å². The van der Waals surface area contributed by atoms with Gasteiger partial charge in [-0.3, -0.25) is 4.79 Å². The van der Waals surface area contributed by atoms with Gasteiger partial charge in [-0.15, -0.1) is 0 Å². The summed E-state index contributed by atoms with van der Waals surface area (Å²) in [6.45, 7) is 0. The molecule has 16 heavy (non-hydrogen) atoms. The summed E-state index contributed by atoms with van der Waals surface area (Å²) in [6, 6.07) is 6.94. The van der Waals surface area contributed by atoms with Crippen molar-refractivity contribution in [2.24, 2.45) is 5.73 Å². The Morgan fingerprint density at radius 1 is 1.19 bits per heavy atom. The Morgan fingerprint density at radius 2 is 1.81 bits per heavy atom. The van der Waals surface area contributed by atoms with Crippen LogP contribution >= 0.6 is 0 Å². The number of hydrogen-bond acceptors (Lipinski definition) is 3. The lowest BCUT2D eigenvalue weighted by Crippen LogP contribution is -2.22. The van der Waals surface area contributed by atoms with Crippen LogP contribution in [0.2, 0.25) is 0 Å². The van der Waals surface area contributed by atoms with E-state index in [1.807, 2.05) is 0 Å². The molecule has 0 aliphatic heterocycles. The smallest absolute Gasteiger partial charge is 0.153 e. The number of para-hydroxylation sites is 1. The quantitative estimate of drug-likeness (QED) is 0.716. The summed E-state index contributed by atoms with van der Waals surface area (Å²) in [7, 11) is 0. The van der Waals surface area contributed by atoms with Crippen molar-refractivity contribution in [3.63, 3.8) is 0 Å². The molecule has 2 rings (SSSR count). The van der Waals surface area contributed by atoms with Crippen molar-refractivity contribution in [2.45, 2.75) is 38.1 Å². The van der Waals surface area contributed by atoms with E-state index in [1.54, 1.807) is 18.2 Å². The molecule has 0 unspecified atom stereocenters. The summed E-state index contributed by atoms with van der Waals surface area (Å²) < 4.78 is 0. The number of carbonyl (C=O) groups is 1. The number of aldehydes is 1. The molecule has 1 fully saturated rings. The fraction of sp³-hybridized carbons (Fsp3) is 0.462. The highest BCUT2D eigenvalue weighted by molar-refractivity contribution is 5.78. The van der Waals surface area contributed by atoms with E-state index in [4.69, 9.17) is 10.8 Å². The van der Waals surface area contributed by atoms with Crippen molar-refractivity contribution in [1.82, 2.24) is 0 Å². The minimum atomic E-state index is 0.0347. The Balaban J connectivity index is 0.000000165. The maximum absolute atomic E-state index is 10.1. The number of phenolic OH excluding ortho intramolecular Hbond substituents is 1. The lowest BCUT2D eigenvalue weighted by atomic mass is 9.97. The van der Waals surface area contributed by atoms with E-state index in [1.165, 1.54) is 38.2 Å². The van der Waals surface area contributed by atoms with Crippen LogP contribution in [-0.2, 0) is 0 Å². The Hall–Kier alpha value is -1.35. The van der Waals surface area contributed by atoms with Crippen molar-refractivity contribution in [3.05, 3.63) is 29.8 Å². The lowest BCUT2D eigenvalue weighted by molar-refractivity contribution is 0.112. The molecule has 1 aromatic rings. The molecule has 0 amide bonds. The first-order chi connectivity index (χ1) is 7.74. The molecule has 88 valence electrons. The predicted molar refractivity (Wildman–Crippen MR) is 64.6 cm³/mol. The summed E-state index contributed by atoms with van der Waals surface area (Å²) in [6.07, 6.45) is 7.28. The number of rotatable bonds is 1. The van der Waals surface area contributed by atoms with E-state index in [2.05, 4.69) is 0 Å². The summed E-state index contributed by atoms with van der Waals surface area (Å²) in [5.41, 5.74) is 5.97. The van der Waals surface area contributed by atoms with Crippen molar-refractivity contribution in [1.29, 1.82) is 0 Å². The fourth-order valence-electron chi connectivity index (χ4n) is 1.72. The third kappa shape index (κ3) is 4.45. The number of carbonyl (C=O) groups excluding carboxylic acids is 1. The molecule has 3 nitrogen and oxygen atoms in total. The maximum atomic E-state index is 10.1. The van der Waals surface area contributed by atoms with Gasteiger partial charge < -0.3 is 10.8 Å². The molecular formula is C13H19NO2. The molecule has 0 atom stereocenters. The van der Waals surface area contributed by atoms with E-state index in [0.717, 1.165) is 0 Å². The van der Waals surface area contributed by atoms with Gasteiger partial charge in [0.05, 0.1) is 5.56 Å². The lowest BCUT2D eigenvalue weighted by Gasteiger charge is -2.15. The molecule has 0 bridgehead atoms. The number of aromatic hydroxyl groups is 1.